The fourth-order valence-corrected chi connectivity index (χ4v) is 2.17. The number of halogens is 2. The minimum Gasteiger partial charge on any atom is -0.505 e. The van der Waals surface area contributed by atoms with E-state index in [0.717, 1.165) is 0 Å². The third-order valence-electron chi connectivity index (χ3n) is 2.62. The van der Waals surface area contributed by atoms with E-state index in [2.05, 4.69) is 4.98 Å². The number of carbonyl (C=O) groups excluding carboxylic acids is 1. The van der Waals surface area contributed by atoms with Crippen LogP contribution in [0, 0.1) is 0 Å². The summed E-state index contributed by atoms with van der Waals surface area (Å²) in [6.07, 6.45) is 2.61. The van der Waals surface area contributed by atoms with Gasteiger partial charge in [-0.2, -0.15) is 0 Å². The molecule has 0 atom stereocenters. The fraction of sp³-hybridized carbons (Fsp3) is 0.143. The topological polar surface area (TPSA) is 59.4 Å². The summed E-state index contributed by atoms with van der Waals surface area (Å²) in [6, 6.07) is 4.84. The highest BCUT2D eigenvalue weighted by Gasteiger charge is 2.20. The SMILES string of the molecule is CCOC(=O)c1c(O)cncc1-c1cc(Cl)ccc1Cl. The van der Waals surface area contributed by atoms with Crippen LogP contribution >= 0.6 is 23.2 Å². The van der Waals surface area contributed by atoms with Crippen molar-refractivity contribution in [3.8, 4) is 16.9 Å². The monoisotopic (exact) mass is 311 g/mol. The van der Waals surface area contributed by atoms with Crippen LogP contribution in [0.4, 0.5) is 0 Å². The van der Waals surface area contributed by atoms with E-state index in [9.17, 15) is 9.90 Å². The van der Waals surface area contributed by atoms with Gasteiger partial charge in [-0.05, 0) is 25.1 Å². The van der Waals surface area contributed by atoms with E-state index in [1.54, 1.807) is 25.1 Å². The van der Waals surface area contributed by atoms with Crippen molar-refractivity contribution in [2.45, 2.75) is 6.92 Å². The van der Waals surface area contributed by atoms with E-state index in [1.807, 2.05) is 0 Å². The fourth-order valence-electron chi connectivity index (χ4n) is 1.78. The summed E-state index contributed by atoms with van der Waals surface area (Å²) in [5.74, 6) is -0.907. The van der Waals surface area contributed by atoms with Gasteiger partial charge in [0.15, 0.2) is 0 Å². The van der Waals surface area contributed by atoms with Crippen LogP contribution in [0.5, 0.6) is 5.75 Å². The number of esters is 1. The van der Waals surface area contributed by atoms with Crippen LogP contribution in [-0.2, 0) is 4.74 Å². The van der Waals surface area contributed by atoms with Gasteiger partial charge in [0.1, 0.15) is 11.3 Å². The molecule has 0 amide bonds. The lowest BCUT2D eigenvalue weighted by Gasteiger charge is -2.11. The molecular weight excluding hydrogens is 301 g/mol. The second kappa shape index (κ2) is 6.11. The standard InChI is InChI=1S/C14H11Cl2NO3/c1-2-20-14(19)13-10(6-17-7-12(13)18)9-5-8(15)3-4-11(9)16/h3-7,18H,2H2,1H3. The van der Waals surface area contributed by atoms with Crippen LogP contribution in [-0.4, -0.2) is 22.7 Å². The first kappa shape index (κ1) is 14.6. The highest BCUT2D eigenvalue weighted by Crippen LogP contribution is 2.35. The maximum Gasteiger partial charge on any atom is 0.342 e. The van der Waals surface area contributed by atoms with Gasteiger partial charge < -0.3 is 9.84 Å². The molecule has 0 fully saturated rings. The Morgan fingerprint density at radius 1 is 1.30 bits per heavy atom. The molecule has 104 valence electrons. The molecule has 2 rings (SSSR count). The number of hydrogen-bond acceptors (Lipinski definition) is 4. The van der Waals surface area contributed by atoms with Crippen LogP contribution in [0.25, 0.3) is 11.1 Å². The number of aromatic hydroxyl groups is 1. The van der Waals surface area contributed by atoms with E-state index in [0.29, 0.717) is 21.2 Å². The van der Waals surface area contributed by atoms with Crippen molar-refractivity contribution in [3.63, 3.8) is 0 Å². The van der Waals surface area contributed by atoms with E-state index < -0.39 is 5.97 Å². The summed E-state index contributed by atoms with van der Waals surface area (Å²) in [5.41, 5.74) is 0.896. The molecule has 1 N–H and O–H groups in total. The van der Waals surface area contributed by atoms with E-state index in [-0.39, 0.29) is 17.9 Å². The van der Waals surface area contributed by atoms with Gasteiger partial charge in [0.2, 0.25) is 0 Å². The largest absolute Gasteiger partial charge is 0.505 e. The summed E-state index contributed by atoms with van der Waals surface area (Å²) in [5, 5.41) is 10.7. The average Bonchev–Trinajstić information content (AvgIpc) is 2.41. The molecule has 0 aliphatic carbocycles. The Hall–Kier alpha value is -1.78. The number of ether oxygens (including phenoxy) is 1. The normalized spacial score (nSPS) is 10.3. The molecule has 0 radical (unpaired) electrons. The molecule has 0 unspecified atom stereocenters. The number of nitrogens with zero attached hydrogens (tertiary/aromatic N) is 1. The Morgan fingerprint density at radius 3 is 2.75 bits per heavy atom. The molecule has 0 aliphatic heterocycles. The predicted molar refractivity (Wildman–Crippen MR) is 77.3 cm³/mol. The average molecular weight is 312 g/mol. The van der Waals surface area contributed by atoms with Crippen LogP contribution in [0.15, 0.2) is 30.6 Å². The van der Waals surface area contributed by atoms with Gasteiger partial charge in [0, 0.05) is 27.4 Å². The third kappa shape index (κ3) is 2.86. The highest BCUT2D eigenvalue weighted by atomic mass is 35.5. The Labute approximate surface area is 125 Å². The molecule has 0 saturated heterocycles. The van der Waals surface area contributed by atoms with Gasteiger partial charge in [-0.15, -0.1) is 0 Å². The molecule has 6 heteroatoms. The molecule has 4 nitrogen and oxygen atoms in total. The molecule has 0 saturated carbocycles. The summed E-state index contributed by atoms with van der Waals surface area (Å²) >= 11 is 12.1. The van der Waals surface area contributed by atoms with Gasteiger partial charge in [-0.1, -0.05) is 23.2 Å². The lowest BCUT2D eigenvalue weighted by Crippen LogP contribution is -2.07. The zero-order chi connectivity index (χ0) is 14.7. The zero-order valence-corrected chi connectivity index (χ0v) is 12.1. The summed E-state index contributed by atoms with van der Waals surface area (Å²) in [7, 11) is 0. The molecule has 1 aromatic carbocycles. The number of benzene rings is 1. The second-order valence-electron chi connectivity index (χ2n) is 3.93. The molecule has 20 heavy (non-hydrogen) atoms. The van der Waals surface area contributed by atoms with E-state index >= 15 is 0 Å². The van der Waals surface area contributed by atoms with Crippen molar-refractivity contribution in [2.75, 3.05) is 6.61 Å². The maximum atomic E-state index is 12.0. The third-order valence-corrected chi connectivity index (χ3v) is 3.19. The number of hydrogen-bond donors (Lipinski definition) is 1. The Balaban J connectivity index is 2.65. The first-order valence-corrected chi connectivity index (χ1v) is 6.59. The minimum atomic E-state index is -0.640. The lowest BCUT2D eigenvalue weighted by molar-refractivity contribution is 0.0524. The first-order valence-electron chi connectivity index (χ1n) is 5.84. The Morgan fingerprint density at radius 2 is 2.05 bits per heavy atom. The van der Waals surface area contributed by atoms with Gasteiger partial charge in [-0.3, -0.25) is 4.98 Å². The van der Waals surface area contributed by atoms with E-state index in [1.165, 1.54) is 12.4 Å². The molecular formula is C14H11Cl2NO3. The number of carbonyl (C=O) groups is 1. The van der Waals surface area contributed by atoms with E-state index in [4.69, 9.17) is 27.9 Å². The minimum absolute atomic E-state index is 0.0195. The summed E-state index contributed by atoms with van der Waals surface area (Å²) in [6.45, 7) is 1.88. The van der Waals surface area contributed by atoms with Gasteiger partial charge in [-0.25, -0.2) is 4.79 Å². The van der Waals surface area contributed by atoms with Crippen molar-refractivity contribution >= 4 is 29.2 Å². The van der Waals surface area contributed by atoms with Crippen LogP contribution < -0.4 is 0 Å². The van der Waals surface area contributed by atoms with Gasteiger partial charge in [0.25, 0.3) is 0 Å². The van der Waals surface area contributed by atoms with Crippen molar-refractivity contribution < 1.29 is 14.6 Å². The molecule has 1 heterocycles. The van der Waals surface area contributed by atoms with Crippen LogP contribution in [0.3, 0.4) is 0 Å². The Kier molecular flexibility index (Phi) is 4.47. The van der Waals surface area contributed by atoms with Crippen molar-refractivity contribution in [1.29, 1.82) is 0 Å². The summed E-state index contributed by atoms with van der Waals surface area (Å²) < 4.78 is 4.94. The van der Waals surface area contributed by atoms with Gasteiger partial charge >= 0.3 is 5.97 Å². The number of pyridine rings is 1. The number of aromatic nitrogens is 1. The smallest absolute Gasteiger partial charge is 0.342 e. The molecule has 0 bridgehead atoms. The van der Waals surface area contributed by atoms with Crippen molar-refractivity contribution in [2.24, 2.45) is 0 Å². The van der Waals surface area contributed by atoms with Crippen LogP contribution in [0.1, 0.15) is 17.3 Å². The quantitative estimate of drug-likeness (QED) is 0.872. The predicted octanol–water partition coefficient (Wildman–Crippen LogP) is 3.94. The Bertz CT molecular complexity index is 659. The van der Waals surface area contributed by atoms with Gasteiger partial charge in [0.05, 0.1) is 12.8 Å². The second-order valence-corrected chi connectivity index (χ2v) is 4.77. The molecule has 2 aromatic rings. The summed E-state index contributed by atoms with van der Waals surface area (Å²) in [4.78, 5) is 15.8. The van der Waals surface area contributed by atoms with Crippen LogP contribution in [0.2, 0.25) is 10.0 Å². The highest BCUT2D eigenvalue weighted by molar-refractivity contribution is 6.35. The molecule has 0 spiro atoms. The lowest BCUT2D eigenvalue weighted by atomic mass is 10.0. The van der Waals surface area contributed by atoms with Crippen molar-refractivity contribution in [3.05, 3.63) is 46.2 Å². The first-order chi connectivity index (χ1) is 9.54. The maximum absolute atomic E-state index is 12.0. The zero-order valence-electron chi connectivity index (χ0n) is 10.6. The molecule has 1 aromatic heterocycles. The van der Waals surface area contributed by atoms with Crippen molar-refractivity contribution in [1.82, 2.24) is 4.98 Å². The number of rotatable bonds is 3. The molecule has 0 aliphatic rings.